The van der Waals surface area contributed by atoms with Crippen LogP contribution in [0.1, 0.15) is 27.6 Å². The van der Waals surface area contributed by atoms with Crippen molar-refractivity contribution in [3.8, 4) is 0 Å². The van der Waals surface area contributed by atoms with Gasteiger partial charge >= 0.3 is 5.97 Å². The topological polar surface area (TPSA) is 72.0 Å². The van der Waals surface area contributed by atoms with Gasteiger partial charge in [-0.1, -0.05) is 5.16 Å². The molecular formula is C16H21N3O4. The number of aryl methyl sites for hydroxylation is 1. The van der Waals surface area contributed by atoms with E-state index in [1.165, 1.54) is 13.4 Å². The molecule has 3 heterocycles. The van der Waals surface area contributed by atoms with Crippen LogP contribution < -0.4 is 0 Å². The maximum absolute atomic E-state index is 11.6. The second-order valence-corrected chi connectivity index (χ2v) is 5.75. The molecule has 1 aliphatic rings. The number of aromatic nitrogens is 1. The minimum Gasteiger partial charge on any atom is -0.463 e. The van der Waals surface area contributed by atoms with Gasteiger partial charge in [-0.3, -0.25) is 9.80 Å². The van der Waals surface area contributed by atoms with Crippen molar-refractivity contribution in [2.24, 2.45) is 0 Å². The molecule has 0 spiro atoms. The van der Waals surface area contributed by atoms with Crippen LogP contribution in [0.3, 0.4) is 0 Å². The molecule has 3 rings (SSSR count). The Balaban J connectivity index is 1.51. The van der Waals surface area contributed by atoms with Crippen molar-refractivity contribution in [3.05, 3.63) is 41.2 Å². The molecule has 1 saturated heterocycles. The number of methoxy groups -OCH3 is 1. The highest BCUT2D eigenvalue weighted by atomic mass is 16.5. The lowest BCUT2D eigenvalue weighted by Gasteiger charge is -2.34. The Kier molecular flexibility index (Phi) is 4.78. The van der Waals surface area contributed by atoms with Crippen LogP contribution in [0.15, 0.2) is 27.3 Å². The molecule has 0 aliphatic carbocycles. The van der Waals surface area contributed by atoms with Gasteiger partial charge < -0.3 is 13.7 Å². The summed E-state index contributed by atoms with van der Waals surface area (Å²) in [5.41, 5.74) is 1.84. The largest absolute Gasteiger partial charge is 0.463 e. The smallest absolute Gasteiger partial charge is 0.374 e. The Bertz CT molecular complexity index is 656. The quantitative estimate of drug-likeness (QED) is 0.776. The van der Waals surface area contributed by atoms with E-state index in [0.29, 0.717) is 12.3 Å². The van der Waals surface area contributed by atoms with Gasteiger partial charge in [-0.2, -0.15) is 0 Å². The maximum Gasteiger partial charge on any atom is 0.374 e. The number of rotatable bonds is 5. The summed E-state index contributed by atoms with van der Waals surface area (Å²) in [6.45, 7) is 7.18. The summed E-state index contributed by atoms with van der Waals surface area (Å²) in [6, 6.07) is 3.80. The Hall–Kier alpha value is -2.12. The van der Waals surface area contributed by atoms with Gasteiger partial charge in [-0.05, 0) is 13.0 Å². The van der Waals surface area contributed by atoms with Crippen molar-refractivity contribution < 1.29 is 18.5 Å². The van der Waals surface area contributed by atoms with Crippen LogP contribution in [0.4, 0.5) is 0 Å². The number of esters is 1. The lowest BCUT2D eigenvalue weighted by atomic mass is 10.2. The summed E-state index contributed by atoms with van der Waals surface area (Å²) < 4.78 is 15.1. The van der Waals surface area contributed by atoms with Crippen LogP contribution in [0.5, 0.6) is 0 Å². The van der Waals surface area contributed by atoms with Crippen LogP contribution in [0.25, 0.3) is 0 Å². The van der Waals surface area contributed by atoms with Crippen molar-refractivity contribution in [2.75, 3.05) is 33.3 Å². The van der Waals surface area contributed by atoms with E-state index in [9.17, 15) is 4.79 Å². The summed E-state index contributed by atoms with van der Waals surface area (Å²) in [7, 11) is 1.36. The first-order valence-corrected chi connectivity index (χ1v) is 7.67. The monoisotopic (exact) mass is 319 g/mol. The van der Waals surface area contributed by atoms with Gasteiger partial charge in [0.25, 0.3) is 0 Å². The molecule has 0 atom stereocenters. The Morgan fingerprint density at radius 3 is 2.57 bits per heavy atom. The number of piperazine rings is 1. The molecule has 2 aromatic rings. The van der Waals surface area contributed by atoms with E-state index >= 15 is 0 Å². The number of hydrogen-bond donors (Lipinski definition) is 0. The van der Waals surface area contributed by atoms with E-state index in [1.54, 1.807) is 0 Å². The second-order valence-electron chi connectivity index (χ2n) is 5.75. The fourth-order valence-corrected chi connectivity index (χ4v) is 2.80. The van der Waals surface area contributed by atoms with E-state index in [4.69, 9.17) is 13.7 Å². The van der Waals surface area contributed by atoms with Crippen LogP contribution in [-0.4, -0.2) is 54.2 Å². The van der Waals surface area contributed by atoms with E-state index in [0.717, 1.165) is 49.7 Å². The molecule has 0 amide bonds. The zero-order valence-corrected chi connectivity index (χ0v) is 13.4. The van der Waals surface area contributed by atoms with Crippen molar-refractivity contribution in [1.82, 2.24) is 15.0 Å². The minimum atomic E-state index is -0.426. The molecule has 124 valence electrons. The van der Waals surface area contributed by atoms with E-state index < -0.39 is 5.97 Å². The molecule has 0 aromatic carbocycles. The highest BCUT2D eigenvalue weighted by Crippen LogP contribution is 2.16. The van der Waals surface area contributed by atoms with Gasteiger partial charge in [-0.25, -0.2) is 4.79 Å². The van der Waals surface area contributed by atoms with Crippen molar-refractivity contribution in [2.45, 2.75) is 20.0 Å². The summed E-state index contributed by atoms with van der Waals surface area (Å²) in [5.74, 6) is 0.715. The zero-order valence-electron chi connectivity index (χ0n) is 13.4. The van der Waals surface area contributed by atoms with Crippen LogP contribution >= 0.6 is 0 Å². The lowest BCUT2D eigenvalue weighted by Crippen LogP contribution is -2.45. The summed E-state index contributed by atoms with van der Waals surface area (Å²) in [6.07, 6.45) is 1.53. The van der Waals surface area contributed by atoms with E-state index in [-0.39, 0.29) is 0 Å². The standard InChI is InChI=1S/C16H21N3O4/c1-12-9-14(17-23-12)11-19-6-4-18(5-7-19)10-13-3-8-22-15(13)16(20)21-2/h3,8-9H,4-7,10-11H2,1-2H3. The average molecular weight is 319 g/mol. The number of nitrogens with zero attached hydrogens (tertiary/aromatic N) is 3. The third-order valence-electron chi connectivity index (χ3n) is 4.04. The first kappa shape index (κ1) is 15.8. The Morgan fingerprint density at radius 1 is 1.26 bits per heavy atom. The molecule has 23 heavy (non-hydrogen) atoms. The van der Waals surface area contributed by atoms with Crippen molar-refractivity contribution in [3.63, 3.8) is 0 Å². The first-order valence-electron chi connectivity index (χ1n) is 7.67. The second kappa shape index (κ2) is 6.97. The Morgan fingerprint density at radius 2 is 1.96 bits per heavy atom. The number of ether oxygens (including phenoxy) is 1. The zero-order chi connectivity index (χ0) is 16.2. The number of carbonyl (C=O) groups is 1. The third-order valence-corrected chi connectivity index (χ3v) is 4.04. The fraction of sp³-hybridized carbons (Fsp3) is 0.500. The number of hydrogen-bond acceptors (Lipinski definition) is 7. The predicted octanol–water partition coefficient (Wildman–Crippen LogP) is 1.68. The molecule has 2 aromatic heterocycles. The van der Waals surface area contributed by atoms with E-state index in [2.05, 4.69) is 15.0 Å². The molecule has 0 N–H and O–H groups in total. The average Bonchev–Trinajstić information content (AvgIpc) is 3.17. The van der Waals surface area contributed by atoms with Gasteiger partial charge in [0.15, 0.2) is 0 Å². The number of furan rings is 1. The van der Waals surface area contributed by atoms with Gasteiger partial charge in [0.05, 0.1) is 19.1 Å². The predicted molar refractivity (Wildman–Crippen MR) is 81.8 cm³/mol. The molecular weight excluding hydrogens is 298 g/mol. The summed E-state index contributed by atoms with van der Waals surface area (Å²) in [5, 5.41) is 4.04. The summed E-state index contributed by atoms with van der Waals surface area (Å²) in [4.78, 5) is 16.3. The van der Waals surface area contributed by atoms with Crippen LogP contribution in [-0.2, 0) is 17.8 Å². The fourth-order valence-electron chi connectivity index (χ4n) is 2.80. The van der Waals surface area contributed by atoms with Gasteiger partial charge in [0, 0.05) is 50.9 Å². The molecule has 0 radical (unpaired) electrons. The van der Waals surface area contributed by atoms with Gasteiger partial charge in [-0.15, -0.1) is 0 Å². The van der Waals surface area contributed by atoms with Gasteiger partial charge in [0.2, 0.25) is 5.76 Å². The van der Waals surface area contributed by atoms with Gasteiger partial charge in [0.1, 0.15) is 5.76 Å². The normalized spacial score (nSPS) is 16.6. The summed E-state index contributed by atoms with van der Waals surface area (Å²) >= 11 is 0. The van der Waals surface area contributed by atoms with Crippen molar-refractivity contribution >= 4 is 5.97 Å². The first-order chi connectivity index (χ1) is 11.2. The Labute approximate surface area is 134 Å². The molecule has 0 bridgehead atoms. The lowest BCUT2D eigenvalue weighted by molar-refractivity contribution is 0.0559. The molecule has 1 aliphatic heterocycles. The van der Waals surface area contributed by atoms with Crippen LogP contribution in [0.2, 0.25) is 0 Å². The number of carbonyl (C=O) groups excluding carboxylic acids is 1. The molecule has 7 heteroatoms. The highest BCUT2D eigenvalue weighted by Gasteiger charge is 2.22. The third kappa shape index (κ3) is 3.80. The van der Waals surface area contributed by atoms with Crippen LogP contribution in [0, 0.1) is 6.92 Å². The minimum absolute atomic E-state index is 0.299. The molecule has 7 nitrogen and oxygen atoms in total. The maximum atomic E-state index is 11.6. The highest BCUT2D eigenvalue weighted by molar-refractivity contribution is 5.87. The molecule has 0 unspecified atom stereocenters. The molecule has 1 fully saturated rings. The van der Waals surface area contributed by atoms with E-state index in [1.807, 2.05) is 19.1 Å². The van der Waals surface area contributed by atoms with Crippen molar-refractivity contribution in [1.29, 1.82) is 0 Å². The molecule has 0 saturated carbocycles. The SMILES string of the molecule is COC(=O)c1occc1CN1CCN(Cc2cc(C)on2)CC1.